The van der Waals surface area contributed by atoms with Crippen LogP contribution < -0.4 is 10.2 Å². The number of ether oxygens (including phenoxy) is 1. The Bertz CT molecular complexity index is 357. The van der Waals surface area contributed by atoms with Crippen molar-refractivity contribution in [1.29, 1.82) is 0 Å². The zero-order valence-corrected chi connectivity index (χ0v) is 7.85. The molecule has 0 aliphatic heterocycles. The van der Waals surface area contributed by atoms with E-state index in [2.05, 4.69) is 4.98 Å². The molecule has 0 spiro atoms. The van der Waals surface area contributed by atoms with Crippen molar-refractivity contribution in [2.45, 2.75) is 19.8 Å². The molecule has 0 atom stereocenters. The molecule has 0 saturated carbocycles. The number of halogens is 1. The van der Waals surface area contributed by atoms with Gasteiger partial charge in [0.2, 0.25) is 5.43 Å². The van der Waals surface area contributed by atoms with Crippen LogP contribution in [0.4, 0.5) is 4.39 Å². The highest BCUT2D eigenvalue weighted by molar-refractivity contribution is 5.29. The van der Waals surface area contributed by atoms with E-state index >= 15 is 0 Å². The van der Waals surface area contributed by atoms with Gasteiger partial charge in [-0.15, -0.1) is 0 Å². The van der Waals surface area contributed by atoms with Crippen LogP contribution in [0.5, 0.6) is 5.88 Å². The second kappa shape index (κ2) is 3.60. The van der Waals surface area contributed by atoms with Crippen LogP contribution >= 0.6 is 0 Å². The molecule has 1 aromatic heterocycles. The molecule has 0 saturated heterocycles. The minimum atomic E-state index is -0.774. The Hall–Kier alpha value is -1.32. The van der Waals surface area contributed by atoms with Gasteiger partial charge in [-0.25, -0.2) is 4.39 Å². The van der Waals surface area contributed by atoms with Crippen LogP contribution in [0.2, 0.25) is 0 Å². The SMILES string of the molecule is COc1[nH]cc(F)c(=O)c1C(C)C. The average molecular weight is 185 g/mol. The standard InChI is InChI=1S/C9H12FNO2/c1-5(2)7-8(12)6(10)4-11-9(7)13-3/h4-5H,1-3H3,(H,11,12). The van der Waals surface area contributed by atoms with E-state index in [0.717, 1.165) is 6.20 Å². The van der Waals surface area contributed by atoms with Crippen LogP contribution in [0.15, 0.2) is 11.0 Å². The van der Waals surface area contributed by atoms with Gasteiger partial charge in [0, 0.05) is 6.20 Å². The fraction of sp³-hybridized carbons (Fsp3) is 0.444. The molecule has 4 heteroatoms. The van der Waals surface area contributed by atoms with Crippen molar-refractivity contribution >= 4 is 0 Å². The summed E-state index contributed by atoms with van der Waals surface area (Å²) in [4.78, 5) is 13.9. The lowest BCUT2D eigenvalue weighted by atomic mass is 10.0. The monoisotopic (exact) mass is 185 g/mol. The highest BCUT2D eigenvalue weighted by Gasteiger charge is 2.14. The number of methoxy groups -OCH3 is 1. The van der Waals surface area contributed by atoms with Crippen molar-refractivity contribution in [3.05, 3.63) is 27.8 Å². The molecule has 0 amide bonds. The molecule has 1 aromatic rings. The summed E-state index contributed by atoms with van der Waals surface area (Å²) in [6.45, 7) is 3.62. The highest BCUT2D eigenvalue weighted by Crippen LogP contribution is 2.19. The van der Waals surface area contributed by atoms with Gasteiger partial charge in [0.05, 0.1) is 12.7 Å². The van der Waals surface area contributed by atoms with Crippen molar-refractivity contribution in [2.24, 2.45) is 0 Å². The van der Waals surface area contributed by atoms with Crippen LogP contribution in [0.3, 0.4) is 0 Å². The Morgan fingerprint density at radius 3 is 2.62 bits per heavy atom. The molecule has 1 rings (SSSR count). The lowest BCUT2D eigenvalue weighted by Crippen LogP contribution is -2.16. The number of rotatable bonds is 2. The molecule has 1 heterocycles. The maximum absolute atomic E-state index is 12.9. The van der Waals surface area contributed by atoms with Gasteiger partial charge in [-0.05, 0) is 5.92 Å². The van der Waals surface area contributed by atoms with Gasteiger partial charge in [0.25, 0.3) is 0 Å². The van der Waals surface area contributed by atoms with E-state index in [1.807, 2.05) is 13.8 Å². The zero-order chi connectivity index (χ0) is 10.0. The first-order valence-electron chi connectivity index (χ1n) is 4.03. The second-order valence-corrected chi connectivity index (χ2v) is 3.07. The summed E-state index contributed by atoms with van der Waals surface area (Å²) >= 11 is 0. The summed E-state index contributed by atoms with van der Waals surface area (Å²) in [6.07, 6.45) is 1.01. The molecule has 13 heavy (non-hydrogen) atoms. The molecule has 72 valence electrons. The third-order valence-corrected chi connectivity index (χ3v) is 1.82. The fourth-order valence-corrected chi connectivity index (χ4v) is 1.20. The molecular formula is C9H12FNO2. The van der Waals surface area contributed by atoms with Crippen molar-refractivity contribution in [3.8, 4) is 5.88 Å². The number of hydrogen-bond acceptors (Lipinski definition) is 2. The summed E-state index contributed by atoms with van der Waals surface area (Å²) in [5.74, 6) is -0.500. The highest BCUT2D eigenvalue weighted by atomic mass is 19.1. The topological polar surface area (TPSA) is 42.1 Å². The number of aromatic nitrogens is 1. The van der Waals surface area contributed by atoms with Gasteiger partial charge < -0.3 is 9.72 Å². The molecule has 0 aromatic carbocycles. The first-order chi connectivity index (χ1) is 6.07. The number of pyridine rings is 1. The number of aromatic amines is 1. The lowest BCUT2D eigenvalue weighted by Gasteiger charge is -2.09. The molecule has 3 nitrogen and oxygen atoms in total. The summed E-state index contributed by atoms with van der Waals surface area (Å²) in [6, 6.07) is 0. The predicted octanol–water partition coefficient (Wildman–Crippen LogP) is 1.65. The molecule has 1 N–H and O–H groups in total. The van der Waals surface area contributed by atoms with Crippen LogP contribution in [-0.2, 0) is 0 Å². The summed E-state index contributed by atoms with van der Waals surface area (Å²) in [5, 5.41) is 0. The number of H-pyrrole nitrogens is 1. The molecule has 0 aliphatic rings. The van der Waals surface area contributed by atoms with Gasteiger partial charge >= 0.3 is 0 Å². The third kappa shape index (κ3) is 1.71. The first kappa shape index (κ1) is 9.77. The van der Waals surface area contributed by atoms with Crippen molar-refractivity contribution in [2.75, 3.05) is 7.11 Å². The first-order valence-corrected chi connectivity index (χ1v) is 4.03. The quantitative estimate of drug-likeness (QED) is 0.761. The van der Waals surface area contributed by atoms with Gasteiger partial charge in [-0.1, -0.05) is 13.8 Å². The Kier molecular flexibility index (Phi) is 2.70. The molecule has 0 fully saturated rings. The Morgan fingerprint density at radius 1 is 1.54 bits per heavy atom. The van der Waals surface area contributed by atoms with E-state index in [0.29, 0.717) is 11.4 Å². The average Bonchev–Trinajstić information content (AvgIpc) is 2.08. The number of nitrogens with one attached hydrogen (secondary N) is 1. The lowest BCUT2D eigenvalue weighted by molar-refractivity contribution is 0.386. The van der Waals surface area contributed by atoms with Crippen LogP contribution in [-0.4, -0.2) is 12.1 Å². The van der Waals surface area contributed by atoms with Crippen molar-refractivity contribution in [3.63, 3.8) is 0 Å². The molecule has 0 aliphatic carbocycles. The van der Waals surface area contributed by atoms with E-state index in [4.69, 9.17) is 4.74 Å². The van der Waals surface area contributed by atoms with E-state index in [1.54, 1.807) is 0 Å². The van der Waals surface area contributed by atoms with E-state index in [1.165, 1.54) is 7.11 Å². The van der Waals surface area contributed by atoms with Crippen LogP contribution in [0.1, 0.15) is 25.3 Å². The predicted molar refractivity (Wildman–Crippen MR) is 47.7 cm³/mol. The Labute approximate surface area is 75.6 Å². The maximum atomic E-state index is 12.9. The maximum Gasteiger partial charge on any atom is 0.224 e. The van der Waals surface area contributed by atoms with Crippen LogP contribution in [0.25, 0.3) is 0 Å². The summed E-state index contributed by atoms with van der Waals surface area (Å²) < 4.78 is 17.8. The van der Waals surface area contributed by atoms with Crippen molar-refractivity contribution < 1.29 is 9.13 Å². The van der Waals surface area contributed by atoms with E-state index < -0.39 is 11.2 Å². The van der Waals surface area contributed by atoms with E-state index in [9.17, 15) is 9.18 Å². The Morgan fingerprint density at radius 2 is 2.15 bits per heavy atom. The zero-order valence-electron chi connectivity index (χ0n) is 7.85. The Balaban J connectivity index is 3.42. The molecular weight excluding hydrogens is 173 g/mol. The third-order valence-electron chi connectivity index (χ3n) is 1.82. The second-order valence-electron chi connectivity index (χ2n) is 3.07. The number of hydrogen-bond donors (Lipinski definition) is 1. The molecule has 0 bridgehead atoms. The molecule has 0 unspecified atom stereocenters. The van der Waals surface area contributed by atoms with Gasteiger partial charge in [-0.3, -0.25) is 4.79 Å². The van der Waals surface area contributed by atoms with Gasteiger partial charge in [-0.2, -0.15) is 0 Å². The minimum Gasteiger partial charge on any atom is -0.482 e. The van der Waals surface area contributed by atoms with Crippen LogP contribution in [0, 0.1) is 5.82 Å². The largest absolute Gasteiger partial charge is 0.482 e. The summed E-state index contributed by atoms with van der Waals surface area (Å²) in [7, 11) is 1.44. The van der Waals surface area contributed by atoms with E-state index in [-0.39, 0.29) is 5.92 Å². The van der Waals surface area contributed by atoms with Crippen molar-refractivity contribution in [1.82, 2.24) is 4.98 Å². The minimum absolute atomic E-state index is 0.0607. The normalized spacial score (nSPS) is 10.5. The van der Waals surface area contributed by atoms with Gasteiger partial charge in [0.15, 0.2) is 11.7 Å². The van der Waals surface area contributed by atoms with Gasteiger partial charge in [0.1, 0.15) is 0 Å². The summed E-state index contributed by atoms with van der Waals surface area (Å²) in [5.41, 5.74) is -0.242. The smallest absolute Gasteiger partial charge is 0.224 e. The molecule has 0 radical (unpaired) electrons. The fourth-order valence-electron chi connectivity index (χ4n) is 1.20.